The molecule has 0 aromatic heterocycles. The molecule has 0 amide bonds. The van der Waals surface area contributed by atoms with Crippen LogP contribution in [0.25, 0.3) is 0 Å². The maximum atomic E-state index is 6.41. The number of halogens is 1. The van der Waals surface area contributed by atoms with Crippen molar-refractivity contribution in [3.8, 4) is 0 Å². The van der Waals surface area contributed by atoms with Crippen LogP contribution < -0.4 is 5.32 Å². The Balaban J connectivity index is 1.93. The van der Waals surface area contributed by atoms with Crippen molar-refractivity contribution < 1.29 is 0 Å². The van der Waals surface area contributed by atoms with Gasteiger partial charge in [-0.25, -0.2) is 0 Å². The second-order valence-corrected chi connectivity index (χ2v) is 5.62. The van der Waals surface area contributed by atoms with Crippen molar-refractivity contribution in [3.05, 3.63) is 34.9 Å². The van der Waals surface area contributed by atoms with E-state index in [1.807, 2.05) is 12.1 Å². The summed E-state index contributed by atoms with van der Waals surface area (Å²) in [6, 6.07) is 8.36. The molecule has 1 atom stereocenters. The van der Waals surface area contributed by atoms with E-state index in [4.69, 9.17) is 11.6 Å². The standard InChI is InChI=1S/C15H20ClN3/c16-13-7-3-2-6-12(13)14(15-17-8-9-18-15)19-10-4-1-5-11-19/h2-3,6-7,14H,1,4-5,8-11H2,(H,17,18). The van der Waals surface area contributed by atoms with E-state index in [-0.39, 0.29) is 6.04 Å². The Kier molecular flexibility index (Phi) is 4.04. The number of hydrogen-bond donors (Lipinski definition) is 1. The van der Waals surface area contributed by atoms with Crippen LogP contribution in [0.4, 0.5) is 0 Å². The number of amidine groups is 1. The van der Waals surface area contributed by atoms with Gasteiger partial charge in [-0.3, -0.25) is 9.89 Å². The first-order valence-corrected chi connectivity index (χ1v) is 7.51. The fraction of sp³-hybridized carbons (Fsp3) is 0.533. The first-order chi connectivity index (χ1) is 9.36. The number of likely N-dealkylation sites (tertiary alicyclic amines) is 1. The summed E-state index contributed by atoms with van der Waals surface area (Å²) in [4.78, 5) is 7.15. The van der Waals surface area contributed by atoms with Gasteiger partial charge in [-0.05, 0) is 37.6 Å². The van der Waals surface area contributed by atoms with Gasteiger partial charge in [0.25, 0.3) is 0 Å². The van der Waals surface area contributed by atoms with Gasteiger partial charge in [0.05, 0.1) is 12.6 Å². The van der Waals surface area contributed by atoms with E-state index in [1.54, 1.807) is 0 Å². The second kappa shape index (κ2) is 5.93. The minimum Gasteiger partial charge on any atom is -0.370 e. The van der Waals surface area contributed by atoms with E-state index in [2.05, 4.69) is 27.3 Å². The van der Waals surface area contributed by atoms with Crippen molar-refractivity contribution >= 4 is 17.4 Å². The average Bonchev–Trinajstić information content (AvgIpc) is 2.96. The van der Waals surface area contributed by atoms with Crippen molar-refractivity contribution in [1.29, 1.82) is 0 Å². The van der Waals surface area contributed by atoms with Gasteiger partial charge >= 0.3 is 0 Å². The predicted molar refractivity (Wildman–Crippen MR) is 79.9 cm³/mol. The van der Waals surface area contributed by atoms with E-state index in [0.717, 1.165) is 37.0 Å². The van der Waals surface area contributed by atoms with Crippen LogP contribution in [0.15, 0.2) is 29.3 Å². The lowest BCUT2D eigenvalue weighted by Crippen LogP contribution is -2.41. The molecule has 1 unspecified atom stereocenters. The lowest BCUT2D eigenvalue weighted by molar-refractivity contribution is 0.201. The molecule has 2 heterocycles. The molecule has 0 bridgehead atoms. The van der Waals surface area contributed by atoms with Crippen LogP contribution in [0.2, 0.25) is 5.02 Å². The van der Waals surface area contributed by atoms with Gasteiger partial charge in [-0.15, -0.1) is 0 Å². The first-order valence-electron chi connectivity index (χ1n) is 7.13. The molecular formula is C15H20ClN3. The number of rotatable bonds is 3. The molecule has 1 saturated heterocycles. The topological polar surface area (TPSA) is 27.6 Å². The summed E-state index contributed by atoms with van der Waals surface area (Å²) >= 11 is 6.41. The van der Waals surface area contributed by atoms with Gasteiger partial charge in [-0.2, -0.15) is 0 Å². The largest absolute Gasteiger partial charge is 0.370 e. The summed E-state index contributed by atoms with van der Waals surface area (Å²) in [6.07, 6.45) is 3.88. The fourth-order valence-corrected chi connectivity index (χ4v) is 3.23. The van der Waals surface area contributed by atoms with E-state index in [1.165, 1.54) is 24.8 Å². The molecule has 4 heteroatoms. The SMILES string of the molecule is Clc1ccccc1C(C1=NCCN1)N1CCCCC1. The van der Waals surface area contributed by atoms with Crippen molar-refractivity contribution in [3.63, 3.8) is 0 Å². The third-order valence-electron chi connectivity index (χ3n) is 3.91. The molecule has 1 fully saturated rings. The van der Waals surface area contributed by atoms with Crippen LogP contribution >= 0.6 is 11.6 Å². The number of nitrogens with zero attached hydrogens (tertiary/aromatic N) is 2. The van der Waals surface area contributed by atoms with Crippen LogP contribution in [0.3, 0.4) is 0 Å². The van der Waals surface area contributed by atoms with Crippen LogP contribution in [0.1, 0.15) is 30.9 Å². The maximum absolute atomic E-state index is 6.41. The molecule has 102 valence electrons. The third-order valence-corrected chi connectivity index (χ3v) is 4.26. The molecule has 3 nitrogen and oxygen atoms in total. The summed E-state index contributed by atoms with van der Waals surface area (Å²) in [5.41, 5.74) is 1.18. The Labute approximate surface area is 119 Å². The van der Waals surface area contributed by atoms with Crippen LogP contribution in [0, 0.1) is 0 Å². The van der Waals surface area contributed by atoms with E-state index in [0.29, 0.717) is 0 Å². The molecule has 1 aromatic rings. The average molecular weight is 278 g/mol. The molecule has 19 heavy (non-hydrogen) atoms. The highest BCUT2D eigenvalue weighted by atomic mass is 35.5. The van der Waals surface area contributed by atoms with Gasteiger partial charge in [0.2, 0.25) is 0 Å². The van der Waals surface area contributed by atoms with Crippen molar-refractivity contribution in [2.24, 2.45) is 4.99 Å². The van der Waals surface area contributed by atoms with Gasteiger partial charge in [0.15, 0.2) is 0 Å². The normalized spacial score (nSPS) is 21.8. The van der Waals surface area contributed by atoms with Crippen molar-refractivity contribution in [1.82, 2.24) is 10.2 Å². The van der Waals surface area contributed by atoms with Gasteiger partial charge in [-0.1, -0.05) is 36.2 Å². The van der Waals surface area contributed by atoms with Crippen molar-refractivity contribution in [2.75, 3.05) is 26.2 Å². The second-order valence-electron chi connectivity index (χ2n) is 5.21. The maximum Gasteiger partial charge on any atom is 0.119 e. The lowest BCUT2D eigenvalue weighted by atomic mass is 10.0. The Bertz CT molecular complexity index is 466. The number of aliphatic imine (C=N–C) groups is 1. The highest BCUT2D eigenvalue weighted by Crippen LogP contribution is 2.31. The number of benzene rings is 1. The number of piperidine rings is 1. The Morgan fingerprint density at radius 2 is 1.95 bits per heavy atom. The summed E-state index contributed by atoms with van der Waals surface area (Å²) in [5.74, 6) is 1.09. The number of hydrogen-bond acceptors (Lipinski definition) is 3. The van der Waals surface area contributed by atoms with E-state index < -0.39 is 0 Å². The Hall–Kier alpha value is -1.06. The molecule has 1 aromatic carbocycles. The Morgan fingerprint density at radius 3 is 2.63 bits per heavy atom. The highest BCUT2D eigenvalue weighted by molar-refractivity contribution is 6.31. The molecule has 2 aliphatic rings. The molecule has 2 aliphatic heterocycles. The highest BCUT2D eigenvalue weighted by Gasteiger charge is 2.29. The quantitative estimate of drug-likeness (QED) is 0.920. The first kappa shape index (κ1) is 12.9. The molecule has 0 saturated carbocycles. The van der Waals surface area contributed by atoms with Crippen LogP contribution in [0.5, 0.6) is 0 Å². The molecule has 0 aliphatic carbocycles. The van der Waals surface area contributed by atoms with Gasteiger partial charge < -0.3 is 5.32 Å². The molecule has 0 radical (unpaired) electrons. The van der Waals surface area contributed by atoms with Crippen LogP contribution in [-0.4, -0.2) is 36.9 Å². The summed E-state index contributed by atoms with van der Waals surface area (Å²) < 4.78 is 0. The monoisotopic (exact) mass is 277 g/mol. The zero-order chi connectivity index (χ0) is 13.1. The third kappa shape index (κ3) is 2.77. The summed E-state index contributed by atoms with van der Waals surface area (Å²) in [5, 5.41) is 4.27. The van der Waals surface area contributed by atoms with Crippen molar-refractivity contribution in [2.45, 2.75) is 25.3 Å². The zero-order valence-electron chi connectivity index (χ0n) is 11.1. The fourth-order valence-electron chi connectivity index (χ4n) is 2.99. The smallest absolute Gasteiger partial charge is 0.119 e. The Morgan fingerprint density at radius 1 is 1.16 bits per heavy atom. The van der Waals surface area contributed by atoms with Gasteiger partial charge in [0, 0.05) is 11.6 Å². The van der Waals surface area contributed by atoms with E-state index >= 15 is 0 Å². The lowest BCUT2D eigenvalue weighted by Gasteiger charge is -2.35. The predicted octanol–water partition coefficient (Wildman–Crippen LogP) is 2.87. The molecular weight excluding hydrogens is 258 g/mol. The van der Waals surface area contributed by atoms with Crippen LogP contribution in [-0.2, 0) is 0 Å². The minimum absolute atomic E-state index is 0.205. The molecule has 0 spiro atoms. The summed E-state index contributed by atoms with van der Waals surface area (Å²) in [6.45, 7) is 4.10. The molecule has 3 rings (SSSR count). The minimum atomic E-state index is 0.205. The van der Waals surface area contributed by atoms with E-state index in [9.17, 15) is 0 Å². The van der Waals surface area contributed by atoms with Gasteiger partial charge in [0.1, 0.15) is 5.84 Å². The molecule has 1 N–H and O–H groups in total. The summed E-state index contributed by atoms with van der Waals surface area (Å²) in [7, 11) is 0. The number of nitrogens with one attached hydrogen (secondary N) is 1. The zero-order valence-corrected chi connectivity index (χ0v) is 11.9.